The average Bonchev–Trinajstić information content (AvgIpc) is 2.44. The summed E-state index contributed by atoms with van der Waals surface area (Å²) in [5.41, 5.74) is 1.52. The molecule has 0 aliphatic heterocycles. The topological polar surface area (TPSA) is 58.0 Å². The number of nitrogens with zero attached hydrogens (tertiary/aromatic N) is 1. The Bertz CT molecular complexity index is 666. The van der Waals surface area contributed by atoms with Crippen molar-refractivity contribution in [1.82, 2.24) is 10.3 Å². The smallest absolute Gasteiger partial charge is 0.253 e. The average molecular weight is 295 g/mol. The third-order valence-corrected chi connectivity index (χ3v) is 2.65. The Balaban J connectivity index is 2.07. The maximum Gasteiger partial charge on any atom is 0.253 e. The molecule has 0 atom stereocenters. The Hall–Kier alpha value is -2.57. The van der Waals surface area contributed by atoms with Gasteiger partial charge in [0.1, 0.15) is 6.61 Å². The van der Waals surface area contributed by atoms with Crippen molar-refractivity contribution < 1.29 is 17.9 Å². The lowest BCUT2D eigenvalue weighted by molar-refractivity contribution is 0.307. The van der Waals surface area contributed by atoms with Crippen LogP contribution in [0, 0.1) is 23.0 Å². The Morgan fingerprint density at radius 1 is 1.29 bits per heavy atom. The monoisotopic (exact) mass is 295 g/mol. The van der Waals surface area contributed by atoms with Gasteiger partial charge in [-0.2, -0.15) is 9.37 Å². The Morgan fingerprint density at radius 3 is 2.71 bits per heavy atom. The van der Waals surface area contributed by atoms with E-state index in [1.807, 2.05) is 0 Å². The number of rotatable bonds is 4. The van der Waals surface area contributed by atoms with E-state index in [2.05, 4.69) is 10.3 Å². The van der Waals surface area contributed by atoms with Crippen molar-refractivity contribution in [3.63, 3.8) is 0 Å². The van der Waals surface area contributed by atoms with E-state index in [1.54, 1.807) is 25.4 Å². The molecule has 0 saturated heterocycles. The van der Waals surface area contributed by atoms with E-state index in [9.17, 15) is 13.2 Å². The molecule has 0 bridgehead atoms. The number of hydrogen-bond acceptors (Lipinski definition) is 4. The van der Waals surface area contributed by atoms with E-state index in [0.717, 1.165) is 0 Å². The van der Waals surface area contributed by atoms with Crippen LogP contribution in [0.3, 0.4) is 0 Å². The number of allylic oxidation sites excluding steroid dienone is 3. The molecule has 2 rings (SSSR count). The van der Waals surface area contributed by atoms with E-state index in [0.29, 0.717) is 17.2 Å². The molecule has 2 N–H and O–H groups in total. The molecule has 0 saturated carbocycles. The Morgan fingerprint density at radius 2 is 2.05 bits per heavy atom. The number of pyridine rings is 1. The number of ether oxygens (including phenoxy) is 1. The van der Waals surface area contributed by atoms with Gasteiger partial charge in [-0.15, -0.1) is 0 Å². The van der Waals surface area contributed by atoms with Crippen molar-refractivity contribution in [2.45, 2.75) is 0 Å². The van der Waals surface area contributed by atoms with E-state index >= 15 is 0 Å². The van der Waals surface area contributed by atoms with Gasteiger partial charge < -0.3 is 15.5 Å². The first kappa shape index (κ1) is 14.8. The van der Waals surface area contributed by atoms with Crippen LogP contribution >= 0.6 is 0 Å². The van der Waals surface area contributed by atoms with Crippen LogP contribution in [0.2, 0.25) is 0 Å². The Labute approximate surface area is 119 Å². The molecule has 0 aromatic carbocycles. The van der Waals surface area contributed by atoms with Gasteiger partial charge in [-0.3, -0.25) is 0 Å². The SMILES string of the molecule is CN/C=C1/C=CC(COc2nc(F)c(F)cc2F)=CC1=N. The first-order valence-electron chi connectivity index (χ1n) is 6.00. The second kappa shape index (κ2) is 6.25. The molecule has 0 unspecified atom stereocenters. The third kappa shape index (κ3) is 3.50. The lowest BCUT2D eigenvalue weighted by Gasteiger charge is -2.12. The molecule has 1 heterocycles. The lowest BCUT2D eigenvalue weighted by atomic mass is 10.0. The van der Waals surface area contributed by atoms with Crippen LogP contribution in [0.15, 0.2) is 41.6 Å². The van der Waals surface area contributed by atoms with Crippen molar-refractivity contribution in [3.8, 4) is 5.88 Å². The highest BCUT2D eigenvalue weighted by Gasteiger charge is 2.14. The normalized spacial score (nSPS) is 16.1. The van der Waals surface area contributed by atoms with Crippen LogP contribution in [-0.4, -0.2) is 24.4 Å². The zero-order chi connectivity index (χ0) is 15.4. The van der Waals surface area contributed by atoms with E-state index in [1.165, 1.54) is 6.08 Å². The summed E-state index contributed by atoms with van der Waals surface area (Å²) in [6.45, 7) is -0.110. The number of nitrogens with one attached hydrogen (secondary N) is 2. The van der Waals surface area contributed by atoms with Crippen molar-refractivity contribution in [3.05, 3.63) is 59.2 Å². The second-order valence-electron chi connectivity index (χ2n) is 4.19. The number of halogens is 3. The van der Waals surface area contributed by atoms with Crippen LogP contribution in [-0.2, 0) is 0 Å². The molecule has 4 nitrogen and oxygen atoms in total. The maximum absolute atomic E-state index is 13.3. The zero-order valence-corrected chi connectivity index (χ0v) is 11.1. The minimum absolute atomic E-state index is 0.110. The molecule has 1 aliphatic carbocycles. The summed E-state index contributed by atoms with van der Waals surface area (Å²) >= 11 is 0. The van der Waals surface area contributed by atoms with Crippen LogP contribution in [0.4, 0.5) is 13.2 Å². The Kier molecular flexibility index (Phi) is 4.42. The summed E-state index contributed by atoms with van der Waals surface area (Å²) < 4.78 is 44.0. The zero-order valence-electron chi connectivity index (χ0n) is 11.1. The van der Waals surface area contributed by atoms with E-state index in [-0.39, 0.29) is 12.3 Å². The van der Waals surface area contributed by atoms with Gasteiger partial charge >= 0.3 is 0 Å². The molecule has 1 aromatic rings. The molecule has 0 fully saturated rings. The van der Waals surface area contributed by atoms with Gasteiger partial charge in [0.05, 0.1) is 5.71 Å². The van der Waals surface area contributed by atoms with E-state index < -0.39 is 23.5 Å². The van der Waals surface area contributed by atoms with Crippen LogP contribution in [0.5, 0.6) is 5.88 Å². The molecular weight excluding hydrogens is 283 g/mol. The van der Waals surface area contributed by atoms with Crippen LogP contribution in [0.1, 0.15) is 0 Å². The predicted molar refractivity (Wildman–Crippen MR) is 71.7 cm³/mol. The van der Waals surface area contributed by atoms with Crippen LogP contribution in [0.25, 0.3) is 0 Å². The summed E-state index contributed by atoms with van der Waals surface area (Å²) in [6.07, 6.45) is 6.55. The van der Waals surface area contributed by atoms with Gasteiger partial charge in [0.15, 0.2) is 11.6 Å². The van der Waals surface area contributed by atoms with Gasteiger partial charge in [0, 0.05) is 24.9 Å². The summed E-state index contributed by atoms with van der Waals surface area (Å²) in [6, 6.07) is 0.374. The molecule has 0 radical (unpaired) electrons. The minimum Gasteiger partial charge on any atom is -0.471 e. The number of hydrogen-bond donors (Lipinski definition) is 2. The quantitative estimate of drug-likeness (QED) is 0.839. The van der Waals surface area contributed by atoms with E-state index in [4.69, 9.17) is 10.1 Å². The fourth-order valence-corrected chi connectivity index (χ4v) is 1.66. The summed E-state index contributed by atoms with van der Waals surface area (Å²) in [4.78, 5) is 3.05. The standard InChI is InChI=1S/C14H12F3N3O/c1-19-6-9-3-2-8(4-12(9)18)7-21-14-11(16)5-10(15)13(17)20-14/h2-6,18-19H,7H2,1H3/b9-6-,18-12?. The molecule has 1 aliphatic rings. The molecule has 1 aromatic heterocycles. The van der Waals surface area contributed by atoms with Gasteiger partial charge in [-0.1, -0.05) is 12.2 Å². The van der Waals surface area contributed by atoms with Gasteiger partial charge in [0.25, 0.3) is 11.8 Å². The first-order valence-corrected chi connectivity index (χ1v) is 6.00. The highest BCUT2D eigenvalue weighted by atomic mass is 19.2. The fraction of sp³-hybridized carbons (Fsp3) is 0.143. The summed E-state index contributed by atoms with van der Waals surface area (Å²) in [7, 11) is 1.72. The van der Waals surface area contributed by atoms with Crippen LogP contribution < -0.4 is 10.1 Å². The second-order valence-corrected chi connectivity index (χ2v) is 4.19. The highest BCUT2D eigenvalue weighted by molar-refractivity contribution is 6.10. The molecule has 110 valence electrons. The largest absolute Gasteiger partial charge is 0.471 e. The maximum atomic E-state index is 13.3. The first-order chi connectivity index (χ1) is 10.0. The van der Waals surface area contributed by atoms with Crippen molar-refractivity contribution >= 4 is 5.71 Å². The van der Waals surface area contributed by atoms with Gasteiger partial charge in [-0.05, 0) is 11.6 Å². The molecule has 0 spiro atoms. The fourth-order valence-electron chi connectivity index (χ4n) is 1.66. The summed E-state index contributed by atoms with van der Waals surface area (Å²) in [5, 5.41) is 10.6. The van der Waals surface area contributed by atoms with Crippen molar-refractivity contribution in [2.75, 3.05) is 13.7 Å². The van der Waals surface area contributed by atoms with Crippen molar-refractivity contribution in [1.29, 1.82) is 5.41 Å². The van der Waals surface area contributed by atoms with Gasteiger partial charge in [-0.25, -0.2) is 8.78 Å². The van der Waals surface area contributed by atoms with Gasteiger partial charge in [0.2, 0.25) is 0 Å². The molecule has 7 heteroatoms. The summed E-state index contributed by atoms with van der Waals surface area (Å²) in [5.74, 6) is -4.50. The van der Waals surface area contributed by atoms with Crippen molar-refractivity contribution in [2.24, 2.45) is 0 Å². The third-order valence-electron chi connectivity index (χ3n) is 2.65. The molecular formula is C14H12F3N3O. The lowest BCUT2D eigenvalue weighted by Crippen LogP contribution is -2.11. The molecule has 21 heavy (non-hydrogen) atoms. The predicted octanol–water partition coefficient (Wildman–Crippen LogP) is 2.50. The molecule has 0 amide bonds. The highest BCUT2D eigenvalue weighted by Crippen LogP contribution is 2.18. The number of aromatic nitrogens is 1. The minimum atomic E-state index is -1.42.